The van der Waals surface area contributed by atoms with E-state index in [0.29, 0.717) is 5.56 Å². The summed E-state index contributed by atoms with van der Waals surface area (Å²) in [5, 5.41) is 7.14. The molecule has 122 valence electrons. The van der Waals surface area contributed by atoms with Crippen LogP contribution in [0.25, 0.3) is 0 Å². The van der Waals surface area contributed by atoms with Gasteiger partial charge in [-0.2, -0.15) is 0 Å². The van der Waals surface area contributed by atoms with Crippen molar-refractivity contribution < 1.29 is 28.3 Å². The molecule has 1 aromatic carbocycles. The summed E-state index contributed by atoms with van der Waals surface area (Å²) in [4.78, 5) is 39.5. The van der Waals surface area contributed by atoms with E-state index in [2.05, 4.69) is 9.89 Å². The fraction of sp³-hybridized carbons (Fsp3) is 0.286. The monoisotopic (exact) mass is 323 g/mol. The van der Waals surface area contributed by atoms with E-state index in [0.717, 1.165) is 0 Å². The SMILES string of the molecule is CCOC(=O)C1(F)C(=O)NC(=O)NC1O/N=C/c1ccccc1. The van der Waals surface area contributed by atoms with Crippen LogP contribution in [0.3, 0.4) is 0 Å². The Labute approximate surface area is 130 Å². The molecule has 1 aliphatic rings. The van der Waals surface area contributed by atoms with Crippen LogP contribution in [-0.4, -0.2) is 42.6 Å². The molecule has 1 aliphatic heterocycles. The van der Waals surface area contributed by atoms with Crippen molar-refractivity contribution in [3.8, 4) is 0 Å². The van der Waals surface area contributed by atoms with Gasteiger partial charge in [0.15, 0.2) is 0 Å². The number of oxime groups is 1. The Morgan fingerprint density at radius 1 is 1.39 bits per heavy atom. The van der Waals surface area contributed by atoms with Gasteiger partial charge in [-0.05, 0) is 12.5 Å². The predicted molar refractivity (Wildman–Crippen MR) is 76.1 cm³/mol. The highest BCUT2D eigenvalue weighted by molar-refractivity contribution is 6.14. The Hall–Kier alpha value is -2.97. The van der Waals surface area contributed by atoms with Gasteiger partial charge in [-0.15, -0.1) is 0 Å². The summed E-state index contributed by atoms with van der Waals surface area (Å²) in [6.07, 6.45) is -0.702. The van der Waals surface area contributed by atoms with Crippen molar-refractivity contribution >= 4 is 24.1 Å². The molecule has 1 heterocycles. The molecule has 1 aromatic rings. The number of nitrogens with one attached hydrogen (secondary N) is 2. The van der Waals surface area contributed by atoms with Gasteiger partial charge in [-0.3, -0.25) is 15.4 Å². The molecular formula is C14H14FN3O5. The second kappa shape index (κ2) is 6.86. The molecule has 0 spiro atoms. The number of nitrogens with zero attached hydrogens (tertiary/aromatic N) is 1. The lowest BCUT2D eigenvalue weighted by Gasteiger charge is -2.32. The molecule has 8 nitrogen and oxygen atoms in total. The number of rotatable bonds is 5. The number of carbonyl (C=O) groups is 3. The minimum absolute atomic E-state index is 0.147. The van der Waals surface area contributed by atoms with Gasteiger partial charge in [0.25, 0.3) is 12.1 Å². The van der Waals surface area contributed by atoms with E-state index < -0.39 is 29.8 Å². The maximum absolute atomic E-state index is 14.8. The van der Waals surface area contributed by atoms with E-state index >= 15 is 0 Å². The van der Waals surface area contributed by atoms with Crippen LogP contribution in [0.5, 0.6) is 0 Å². The third-order valence-corrected chi connectivity index (χ3v) is 2.92. The second-order valence-corrected chi connectivity index (χ2v) is 4.49. The highest BCUT2D eigenvalue weighted by Gasteiger charge is 2.61. The van der Waals surface area contributed by atoms with Crippen LogP contribution in [0, 0.1) is 0 Å². The number of alkyl halides is 1. The fourth-order valence-corrected chi connectivity index (χ4v) is 1.79. The van der Waals surface area contributed by atoms with Crippen LogP contribution in [0.2, 0.25) is 0 Å². The van der Waals surface area contributed by atoms with Gasteiger partial charge in [0.1, 0.15) is 0 Å². The number of halogens is 1. The number of benzene rings is 1. The standard InChI is InChI=1S/C14H14FN3O5/c1-2-22-12(20)14(15)10(19)17-13(21)18-11(14)23-16-8-9-6-4-3-5-7-9/h3-8,11H,2H2,1H3,(H2,17,18,19,21)/b16-8+. The topological polar surface area (TPSA) is 106 Å². The highest BCUT2D eigenvalue weighted by Crippen LogP contribution is 2.23. The average molecular weight is 323 g/mol. The van der Waals surface area contributed by atoms with E-state index in [1.807, 2.05) is 5.32 Å². The Balaban J connectivity index is 2.18. The molecule has 1 saturated heterocycles. The fourth-order valence-electron chi connectivity index (χ4n) is 1.79. The molecule has 2 N–H and O–H groups in total. The average Bonchev–Trinajstić information content (AvgIpc) is 2.53. The summed E-state index contributed by atoms with van der Waals surface area (Å²) in [6.45, 7) is 1.30. The van der Waals surface area contributed by atoms with Crippen molar-refractivity contribution in [1.29, 1.82) is 0 Å². The van der Waals surface area contributed by atoms with Crippen LogP contribution in [0.4, 0.5) is 9.18 Å². The van der Waals surface area contributed by atoms with Crippen molar-refractivity contribution in [2.75, 3.05) is 6.61 Å². The lowest BCUT2D eigenvalue weighted by atomic mass is 10.0. The van der Waals surface area contributed by atoms with Crippen LogP contribution in [-0.2, 0) is 19.2 Å². The number of ether oxygens (including phenoxy) is 1. The number of urea groups is 1. The minimum Gasteiger partial charge on any atom is -0.463 e. The van der Waals surface area contributed by atoms with Crippen molar-refractivity contribution in [2.24, 2.45) is 5.16 Å². The summed E-state index contributed by atoms with van der Waals surface area (Å²) in [7, 11) is 0. The van der Waals surface area contributed by atoms with Crippen LogP contribution < -0.4 is 10.6 Å². The smallest absolute Gasteiger partial charge is 0.360 e. The Morgan fingerprint density at radius 2 is 2.09 bits per heavy atom. The van der Waals surface area contributed by atoms with Gasteiger partial charge in [0, 0.05) is 0 Å². The summed E-state index contributed by atoms with van der Waals surface area (Å²) in [6, 6.07) is 7.68. The van der Waals surface area contributed by atoms with E-state index in [1.165, 1.54) is 13.1 Å². The summed E-state index contributed by atoms with van der Waals surface area (Å²) < 4.78 is 19.3. The van der Waals surface area contributed by atoms with Gasteiger partial charge in [0.05, 0.1) is 12.8 Å². The van der Waals surface area contributed by atoms with Crippen molar-refractivity contribution in [3.05, 3.63) is 35.9 Å². The molecule has 3 amide bonds. The Bertz CT molecular complexity index is 637. The normalized spacial score (nSPS) is 24.0. The first-order chi connectivity index (χ1) is 11.0. The zero-order chi connectivity index (χ0) is 16.9. The highest BCUT2D eigenvalue weighted by atomic mass is 19.1. The minimum atomic E-state index is -3.24. The molecule has 2 rings (SSSR count). The third-order valence-electron chi connectivity index (χ3n) is 2.92. The molecule has 9 heteroatoms. The molecule has 0 radical (unpaired) electrons. The van der Waals surface area contributed by atoms with Gasteiger partial charge in [0.2, 0.25) is 0 Å². The second-order valence-electron chi connectivity index (χ2n) is 4.49. The van der Waals surface area contributed by atoms with E-state index in [1.54, 1.807) is 35.6 Å². The Morgan fingerprint density at radius 3 is 2.74 bits per heavy atom. The molecular weight excluding hydrogens is 309 g/mol. The number of hydrogen-bond donors (Lipinski definition) is 2. The molecule has 0 saturated carbocycles. The van der Waals surface area contributed by atoms with Gasteiger partial charge in [-0.25, -0.2) is 14.0 Å². The van der Waals surface area contributed by atoms with Crippen LogP contribution >= 0.6 is 0 Å². The molecule has 1 fully saturated rings. The largest absolute Gasteiger partial charge is 0.463 e. The first kappa shape index (κ1) is 16.4. The number of esters is 1. The summed E-state index contributed by atoms with van der Waals surface area (Å²) >= 11 is 0. The number of carbonyl (C=O) groups excluding carboxylic acids is 3. The maximum atomic E-state index is 14.8. The van der Waals surface area contributed by atoms with Crippen molar-refractivity contribution in [1.82, 2.24) is 10.6 Å². The first-order valence-electron chi connectivity index (χ1n) is 6.70. The number of amides is 3. The molecule has 23 heavy (non-hydrogen) atoms. The lowest BCUT2D eigenvalue weighted by molar-refractivity contribution is -0.179. The molecule has 0 bridgehead atoms. The van der Waals surface area contributed by atoms with Crippen LogP contribution in [0.15, 0.2) is 35.5 Å². The van der Waals surface area contributed by atoms with Gasteiger partial charge in [-0.1, -0.05) is 35.5 Å². The van der Waals surface area contributed by atoms with E-state index in [9.17, 15) is 18.8 Å². The van der Waals surface area contributed by atoms with Crippen molar-refractivity contribution in [3.63, 3.8) is 0 Å². The predicted octanol–water partition coefficient (Wildman–Crippen LogP) is 0.474. The van der Waals surface area contributed by atoms with Gasteiger partial charge >= 0.3 is 17.7 Å². The third kappa shape index (κ3) is 3.44. The summed E-state index contributed by atoms with van der Waals surface area (Å²) in [5.74, 6) is -2.95. The van der Waals surface area contributed by atoms with E-state index in [4.69, 9.17) is 4.84 Å². The quantitative estimate of drug-likeness (QED) is 0.355. The number of hydrogen-bond acceptors (Lipinski definition) is 6. The lowest BCUT2D eigenvalue weighted by Crippen LogP contribution is -2.70. The van der Waals surface area contributed by atoms with Gasteiger partial charge < -0.3 is 9.57 Å². The molecule has 2 atom stereocenters. The molecule has 0 aliphatic carbocycles. The zero-order valence-electron chi connectivity index (χ0n) is 12.1. The summed E-state index contributed by atoms with van der Waals surface area (Å²) in [5.41, 5.74) is -2.60. The zero-order valence-corrected chi connectivity index (χ0v) is 12.1. The molecule has 0 aromatic heterocycles. The van der Waals surface area contributed by atoms with Crippen molar-refractivity contribution in [2.45, 2.75) is 18.8 Å². The molecule has 2 unspecified atom stereocenters. The van der Waals surface area contributed by atoms with Crippen LogP contribution in [0.1, 0.15) is 12.5 Å². The first-order valence-corrected chi connectivity index (χ1v) is 6.70. The Kier molecular flexibility index (Phi) is 4.89. The number of imide groups is 1. The maximum Gasteiger partial charge on any atom is 0.360 e. The van der Waals surface area contributed by atoms with E-state index in [-0.39, 0.29) is 6.61 Å².